The van der Waals surface area contributed by atoms with Crippen LogP contribution in [-0.2, 0) is 15.7 Å². The number of fused-ring (bicyclic) bond motifs is 1. The van der Waals surface area contributed by atoms with Crippen LogP contribution in [0, 0.1) is 0 Å². The smallest absolute Gasteiger partial charge is 0.416 e. The third kappa shape index (κ3) is 4.89. The Bertz CT molecular complexity index is 1050. The maximum atomic E-state index is 12.8. The van der Waals surface area contributed by atoms with Crippen LogP contribution in [0.2, 0.25) is 5.02 Å². The maximum absolute atomic E-state index is 12.8. The zero-order chi connectivity index (χ0) is 21.2. The Morgan fingerprint density at radius 3 is 2.45 bits per heavy atom. The minimum absolute atomic E-state index is 0.226. The molecular weight excluding hydrogens is 409 g/mol. The fourth-order valence-corrected chi connectivity index (χ4v) is 3.04. The van der Waals surface area contributed by atoms with Gasteiger partial charge in [0.2, 0.25) is 0 Å². The van der Waals surface area contributed by atoms with Crippen LogP contribution < -0.4 is 5.32 Å². The summed E-state index contributed by atoms with van der Waals surface area (Å²) >= 11 is 5.94. The van der Waals surface area contributed by atoms with Gasteiger partial charge in [0.25, 0.3) is 5.91 Å². The van der Waals surface area contributed by atoms with Crippen molar-refractivity contribution in [3.05, 3.63) is 70.4 Å². The molecule has 0 saturated carbocycles. The Balaban J connectivity index is 1.86. The quantitative estimate of drug-likeness (QED) is 0.574. The number of nitrogens with one attached hydrogen (secondary N) is 2. The highest BCUT2D eigenvalue weighted by atomic mass is 35.5. The summed E-state index contributed by atoms with van der Waals surface area (Å²) in [5.41, 5.74) is 0.401. The lowest BCUT2D eigenvalue weighted by molar-refractivity contribution is -0.141. The molecule has 1 heterocycles. The highest BCUT2D eigenvalue weighted by molar-refractivity contribution is 6.31. The molecule has 2 aromatic carbocycles. The molecule has 2 N–H and O–H groups in total. The van der Waals surface area contributed by atoms with E-state index >= 15 is 0 Å². The van der Waals surface area contributed by atoms with E-state index in [0.29, 0.717) is 16.1 Å². The van der Waals surface area contributed by atoms with Crippen molar-refractivity contribution in [3.63, 3.8) is 0 Å². The molecule has 1 atom stereocenters. The Morgan fingerprint density at radius 1 is 1.14 bits per heavy atom. The fourth-order valence-electron chi connectivity index (χ4n) is 2.86. The number of carbonyl (C=O) groups is 2. The Kier molecular flexibility index (Phi) is 5.83. The van der Waals surface area contributed by atoms with Gasteiger partial charge in [-0.15, -0.1) is 0 Å². The first kappa shape index (κ1) is 20.7. The highest BCUT2D eigenvalue weighted by Gasteiger charge is 2.30. The average Bonchev–Trinajstić information content (AvgIpc) is 3.10. The molecule has 152 valence electrons. The molecule has 0 bridgehead atoms. The van der Waals surface area contributed by atoms with Crippen LogP contribution in [0.5, 0.6) is 0 Å². The number of methoxy groups -OCH3 is 1. The number of H-pyrrole nitrogens is 1. The van der Waals surface area contributed by atoms with Gasteiger partial charge in [-0.3, -0.25) is 9.59 Å². The van der Waals surface area contributed by atoms with Gasteiger partial charge in [0.1, 0.15) is 5.69 Å². The molecule has 1 amide bonds. The summed E-state index contributed by atoms with van der Waals surface area (Å²) in [5.74, 6) is -1.13. The van der Waals surface area contributed by atoms with E-state index in [4.69, 9.17) is 11.6 Å². The number of benzene rings is 2. The summed E-state index contributed by atoms with van der Waals surface area (Å²) in [6.07, 6.45) is -4.72. The van der Waals surface area contributed by atoms with E-state index in [-0.39, 0.29) is 12.1 Å². The predicted molar refractivity (Wildman–Crippen MR) is 102 cm³/mol. The summed E-state index contributed by atoms with van der Waals surface area (Å²) in [6.45, 7) is 0. The van der Waals surface area contributed by atoms with Crippen LogP contribution in [0.4, 0.5) is 13.2 Å². The number of alkyl halides is 3. The predicted octanol–water partition coefficient (Wildman–Crippen LogP) is 4.87. The molecule has 0 aliphatic heterocycles. The van der Waals surface area contributed by atoms with E-state index in [1.807, 2.05) is 0 Å². The second kappa shape index (κ2) is 8.16. The number of carbonyl (C=O) groups excluding carboxylic acids is 2. The van der Waals surface area contributed by atoms with Crippen molar-refractivity contribution in [1.29, 1.82) is 0 Å². The number of esters is 1. The standard InChI is InChI=1S/C20H16ClF3N2O3/c1-29-18(27)10-16(11-2-5-13(6-3-11)20(22,23)24)26-19(28)17-8-12-4-7-14(21)9-15(12)25-17/h2-9,16,25H,10H2,1H3,(H,26,28). The number of halogens is 4. The second-order valence-electron chi connectivity index (χ2n) is 6.34. The van der Waals surface area contributed by atoms with Gasteiger partial charge in [-0.1, -0.05) is 29.8 Å². The number of aromatic nitrogens is 1. The topological polar surface area (TPSA) is 71.2 Å². The van der Waals surface area contributed by atoms with Gasteiger partial charge in [0.15, 0.2) is 0 Å². The molecule has 0 spiro atoms. The van der Waals surface area contributed by atoms with Gasteiger partial charge in [-0.2, -0.15) is 13.2 Å². The minimum atomic E-state index is -4.48. The molecule has 1 unspecified atom stereocenters. The van der Waals surface area contributed by atoms with Gasteiger partial charge in [0, 0.05) is 15.9 Å². The second-order valence-corrected chi connectivity index (χ2v) is 6.78. The lowest BCUT2D eigenvalue weighted by atomic mass is 10.0. The van der Waals surface area contributed by atoms with E-state index in [1.165, 1.54) is 19.2 Å². The number of rotatable bonds is 5. The number of aromatic amines is 1. The Morgan fingerprint density at radius 2 is 1.83 bits per heavy atom. The largest absolute Gasteiger partial charge is 0.469 e. The van der Waals surface area contributed by atoms with Gasteiger partial charge in [0.05, 0.1) is 25.1 Å². The van der Waals surface area contributed by atoms with E-state index in [1.54, 1.807) is 24.3 Å². The first-order valence-corrected chi connectivity index (χ1v) is 8.88. The van der Waals surface area contributed by atoms with Crippen molar-refractivity contribution >= 4 is 34.4 Å². The molecule has 0 fully saturated rings. The maximum Gasteiger partial charge on any atom is 0.416 e. The number of ether oxygens (including phenoxy) is 1. The van der Waals surface area contributed by atoms with Gasteiger partial charge >= 0.3 is 12.1 Å². The molecule has 0 aliphatic rings. The first-order chi connectivity index (χ1) is 13.7. The van der Waals surface area contributed by atoms with Crippen molar-refractivity contribution < 1.29 is 27.5 Å². The van der Waals surface area contributed by atoms with E-state index in [0.717, 1.165) is 17.5 Å². The molecule has 3 aromatic rings. The number of hydrogen-bond acceptors (Lipinski definition) is 3. The van der Waals surface area contributed by atoms with E-state index in [2.05, 4.69) is 15.0 Å². The van der Waals surface area contributed by atoms with Gasteiger partial charge < -0.3 is 15.0 Å². The fraction of sp³-hybridized carbons (Fsp3) is 0.200. The van der Waals surface area contributed by atoms with E-state index in [9.17, 15) is 22.8 Å². The first-order valence-electron chi connectivity index (χ1n) is 8.50. The Labute approximate surface area is 168 Å². The molecule has 9 heteroatoms. The third-order valence-corrected chi connectivity index (χ3v) is 4.61. The van der Waals surface area contributed by atoms with Crippen LogP contribution >= 0.6 is 11.6 Å². The molecule has 1 aromatic heterocycles. The van der Waals surface area contributed by atoms with Crippen molar-refractivity contribution in [1.82, 2.24) is 10.3 Å². The zero-order valence-corrected chi connectivity index (χ0v) is 15.9. The summed E-state index contributed by atoms with van der Waals surface area (Å²) in [4.78, 5) is 27.3. The lowest BCUT2D eigenvalue weighted by Gasteiger charge is -2.18. The molecule has 3 rings (SSSR count). The zero-order valence-electron chi connectivity index (χ0n) is 15.1. The van der Waals surface area contributed by atoms with Crippen molar-refractivity contribution in [2.24, 2.45) is 0 Å². The molecule has 0 radical (unpaired) electrons. The summed E-state index contributed by atoms with van der Waals surface area (Å²) in [6, 6.07) is 10.1. The van der Waals surface area contributed by atoms with Crippen molar-refractivity contribution in [2.75, 3.05) is 7.11 Å². The van der Waals surface area contributed by atoms with Crippen LogP contribution in [0.3, 0.4) is 0 Å². The van der Waals surface area contributed by atoms with Crippen LogP contribution in [0.25, 0.3) is 10.9 Å². The number of hydrogen-bond donors (Lipinski definition) is 2. The summed E-state index contributed by atoms with van der Waals surface area (Å²) in [7, 11) is 1.19. The van der Waals surface area contributed by atoms with Gasteiger partial charge in [-0.05, 0) is 35.9 Å². The van der Waals surface area contributed by atoms with Crippen molar-refractivity contribution in [3.8, 4) is 0 Å². The van der Waals surface area contributed by atoms with Crippen LogP contribution in [0.1, 0.15) is 34.1 Å². The van der Waals surface area contributed by atoms with Crippen LogP contribution in [-0.4, -0.2) is 24.0 Å². The summed E-state index contributed by atoms with van der Waals surface area (Å²) < 4.78 is 43.0. The molecule has 0 saturated heterocycles. The highest BCUT2D eigenvalue weighted by Crippen LogP contribution is 2.30. The summed E-state index contributed by atoms with van der Waals surface area (Å²) in [5, 5.41) is 3.93. The average molecular weight is 425 g/mol. The number of amides is 1. The minimum Gasteiger partial charge on any atom is -0.469 e. The molecule has 5 nitrogen and oxygen atoms in total. The third-order valence-electron chi connectivity index (χ3n) is 4.37. The van der Waals surface area contributed by atoms with Crippen LogP contribution in [0.15, 0.2) is 48.5 Å². The monoisotopic (exact) mass is 424 g/mol. The Hall–Kier alpha value is -3.00. The SMILES string of the molecule is COC(=O)CC(NC(=O)c1cc2ccc(Cl)cc2[nH]1)c1ccc(C(F)(F)F)cc1. The normalized spacial score (nSPS) is 12.6. The molecular formula is C20H16ClF3N2O3. The lowest BCUT2D eigenvalue weighted by Crippen LogP contribution is -2.30. The van der Waals surface area contributed by atoms with Gasteiger partial charge in [-0.25, -0.2) is 0 Å². The molecule has 29 heavy (non-hydrogen) atoms. The van der Waals surface area contributed by atoms with E-state index < -0.39 is 29.7 Å². The van der Waals surface area contributed by atoms with Crippen molar-refractivity contribution in [2.45, 2.75) is 18.6 Å². The molecule has 0 aliphatic carbocycles.